The van der Waals surface area contributed by atoms with Gasteiger partial charge in [0.25, 0.3) is 0 Å². The Bertz CT molecular complexity index is 1090. The molecule has 0 aliphatic carbocycles. The molecule has 0 radical (unpaired) electrons. The molecular weight excluding hydrogens is 782 g/mol. The molecule has 45 heavy (non-hydrogen) atoms. The fourth-order valence-electron chi connectivity index (χ4n) is 1.51. The van der Waals surface area contributed by atoms with E-state index < -0.39 is 49.5 Å². The zero-order chi connectivity index (χ0) is 35.0. The van der Waals surface area contributed by atoms with Crippen LogP contribution in [-0.2, 0) is 40.3 Å². The highest BCUT2D eigenvalue weighted by atomic mass is 32.2. The topological polar surface area (TPSA) is 303 Å². The van der Waals surface area contributed by atoms with Crippen molar-refractivity contribution in [3.8, 4) is 0 Å². The van der Waals surface area contributed by atoms with E-state index in [0.29, 0.717) is 0 Å². The van der Waals surface area contributed by atoms with Gasteiger partial charge in [-0.1, -0.05) is 11.8 Å². The molecule has 0 saturated carbocycles. The Hall–Kier alpha value is -1.33. The average Bonchev–Trinajstić information content (AvgIpc) is 2.98. The first-order chi connectivity index (χ1) is 21.2. The average molecular weight is 808 g/mol. The Morgan fingerprint density at radius 1 is 0.511 bits per heavy atom. The van der Waals surface area contributed by atoms with Crippen molar-refractivity contribution in [3.63, 3.8) is 0 Å². The second-order valence-electron chi connectivity index (χ2n) is 5.69. The normalized spacial score (nSPS) is 11.1. The van der Waals surface area contributed by atoms with Gasteiger partial charge in [-0.05, 0) is 49.1 Å². The Balaban J connectivity index is -0.000000471. The number of pyridine rings is 2. The third kappa shape index (κ3) is 42.7. The van der Waals surface area contributed by atoms with Crippen LogP contribution in [0.2, 0.25) is 0 Å². The van der Waals surface area contributed by atoms with E-state index in [1.165, 1.54) is 9.79 Å². The van der Waals surface area contributed by atoms with Crippen LogP contribution in [0.4, 0.5) is 0 Å². The summed E-state index contributed by atoms with van der Waals surface area (Å²) in [5.74, 6) is 0. The molecule has 3 heterocycles. The molecule has 0 aromatic carbocycles. The van der Waals surface area contributed by atoms with E-state index in [1.54, 1.807) is 72.3 Å². The predicted molar refractivity (Wildman–Crippen MR) is 168 cm³/mol. The number of thioether (sulfide) groups is 3. The third-order valence-corrected chi connectivity index (χ3v) is 8.28. The lowest BCUT2D eigenvalue weighted by Crippen LogP contribution is -1.79. The summed E-state index contributed by atoms with van der Waals surface area (Å²) in [7, 11) is -17.5. The second-order valence-corrected chi connectivity index (χ2v) is 13.0. The van der Waals surface area contributed by atoms with Gasteiger partial charge in [-0.15, -0.1) is 52.9 Å². The molecule has 6 unspecified atom stereocenters. The number of hydrogen-bond acceptors (Lipinski definition) is 16. The van der Waals surface area contributed by atoms with Crippen molar-refractivity contribution in [2.24, 2.45) is 0 Å². The molecule has 0 aliphatic heterocycles. The van der Waals surface area contributed by atoms with Gasteiger partial charge in [0.05, 0.1) is 0 Å². The summed E-state index contributed by atoms with van der Waals surface area (Å²) in [6, 6.07) is 9.76. The molecule has 0 spiro atoms. The minimum absolute atomic E-state index is 0.826. The number of nitrogens with zero attached hydrogens (tertiary/aromatic N) is 4. The minimum atomic E-state index is -2.92. The molecule has 0 fully saturated rings. The molecule has 6 atom stereocenters. The summed E-state index contributed by atoms with van der Waals surface area (Å²) in [6.07, 6.45) is 16.7. The maximum Gasteiger partial charge on any atom is 0.745 e. The van der Waals surface area contributed by atoms with Crippen LogP contribution in [0.15, 0.2) is 82.5 Å². The summed E-state index contributed by atoms with van der Waals surface area (Å²) < 4.78 is 66.5. The summed E-state index contributed by atoms with van der Waals surface area (Å²) in [5, 5.41) is 0.826. The first-order valence-corrected chi connectivity index (χ1v) is 20.8. The van der Waals surface area contributed by atoms with Crippen molar-refractivity contribution in [2.75, 3.05) is 18.8 Å². The van der Waals surface area contributed by atoms with Crippen molar-refractivity contribution < 1.29 is 69.7 Å². The van der Waals surface area contributed by atoms with Crippen LogP contribution in [0.25, 0.3) is 0 Å². The quantitative estimate of drug-likeness (QED) is 0.0856. The molecule has 246 valence electrons. The van der Waals surface area contributed by atoms with E-state index in [9.17, 15) is 27.4 Å². The molecule has 0 saturated heterocycles. The Kier molecular flexibility index (Phi) is 36.3. The first kappa shape index (κ1) is 48.1. The SMILES string of the molecule is CSc1cccnc1.CSc1ccncc1.CSc1ncccn1.O=[P+](O)O[P+](=O)O.O=[P+](O)O[P+](=O)O.O=[P+](O)O[P+](=O)O. The maximum atomic E-state index is 9.39. The lowest BCUT2D eigenvalue weighted by molar-refractivity contribution is 0.368. The summed E-state index contributed by atoms with van der Waals surface area (Å²) in [4.78, 5) is 64.2. The summed E-state index contributed by atoms with van der Waals surface area (Å²) >= 11 is 4.98. The van der Waals surface area contributed by atoms with Gasteiger partial charge in [0.15, 0.2) is 18.1 Å². The molecule has 6 N–H and O–H groups in total. The minimum Gasteiger partial charge on any atom is -0.265 e. The van der Waals surface area contributed by atoms with Crippen LogP contribution >= 0.6 is 84.8 Å². The zero-order valence-electron chi connectivity index (χ0n) is 22.9. The van der Waals surface area contributed by atoms with Crippen LogP contribution in [0, 0.1) is 0 Å². The van der Waals surface area contributed by atoms with E-state index in [0.717, 1.165) is 5.16 Å². The molecule has 3 aromatic heterocycles. The zero-order valence-corrected chi connectivity index (χ0v) is 30.7. The van der Waals surface area contributed by atoms with E-state index >= 15 is 0 Å². The maximum absolute atomic E-state index is 9.39. The van der Waals surface area contributed by atoms with Gasteiger partial charge < -0.3 is 0 Å². The van der Waals surface area contributed by atoms with Crippen molar-refractivity contribution in [3.05, 3.63) is 67.5 Å². The number of hydrogen-bond donors (Lipinski definition) is 6. The Morgan fingerprint density at radius 2 is 0.911 bits per heavy atom. The number of rotatable bonds is 9. The molecule has 0 amide bonds. The van der Waals surface area contributed by atoms with Crippen molar-refractivity contribution >= 4 is 84.8 Å². The highest BCUT2D eigenvalue weighted by Crippen LogP contribution is 2.31. The van der Waals surface area contributed by atoms with Gasteiger partial charge in [-0.25, -0.2) is 9.97 Å². The highest BCUT2D eigenvalue weighted by molar-refractivity contribution is 7.99. The molecule has 28 heteroatoms. The largest absolute Gasteiger partial charge is 0.745 e. The van der Waals surface area contributed by atoms with Crippen molar-refractivity contribution in [2.45, 2.75) is 14.9 Å². The Morgan fingerprint density at radius 3 is 1.11 bits per heavy atom. The molecular formula is C17H26N4O15P6S3+6. The predicted octanol–water partition coefficient (Wildman–Crippen LogP) is 5.71. The van der Waals surface area contributed by atoms with E-state index in [2.05, 4.69) is 39.1 Å². The van der Waals surface area contributed by atoms with Gasteiger partial charge in [0.1, 0.15) is 0 Å². The van der Waals surface area contributed by atoms with Crippen LogP contribution in [-0.4, -0.2) is 68.1 Å². The van der Waals surface area contributed by atoms with Crippen LogP contribution in [0.5, 0.6) is 0 Å². The third-order valence-electron chi connectivity index (χ3n) is 2.90. The highest BCUT2D eigenvalue weighted by Gasteiger charge is 2.32. The molecule has 0 bridgehead atoms. The fourth-order valence-corrected chi connectivity index (χ4v) is 4.05. The van der Waals surface area contributed by atoms with Crippen molar-refractivity contribution in [1.82, 2.24) is 19.9 Å². The van der Waals surface area contributed by atoms with Gasteiger partial charge in [0, 0.05) is 74.4 Å². The molecule has 19 nitrogen and oxygen atoms in total. The molecule has 0 aliphatic rings. The summed E-state index contributed by atoms with van der Waals surface area (Å²) in [6.45, 7) is 0. The van der Waals surface area contributed by atoms with Crippen LogP contribution in [0.1, 0.15) is 0 Å². The van der Waals surface area contributed by atoms with Gasteiger partial charge in [0.2, 0.25) is 0 Å². The molecule has 3 rings (SSSR count). The van der Waals surface area contributed by atoms with E-state index in [-0.39, 0.29) is 0 Å². The van der Waals surface area contributed by atoms with Gasteiger partial charge in [-0.3, -0.25) is 9.97 Å². The smallest absolute Gasteiger partial charge is 0.265 e. The monoisotopic (exact) mass is 808 g/mol. The van der Waals surface area contributed by atoms with E-state index in [1.807, 2.05) is 43.0 Å². The number of aromatic nitrogens is 4. The van der Waals surface area contributed by atoms with Crippen LogP contribution in [0.3, 0.4) is 0 Å². The van der Waals surface area contributed by atoms with Gasteiger partial charge in [-0.2, -0.15) is 0 Å². The standard InChI is InChI=1S/2C6H7NS.C5H6N2S.3O5P2/c1-8-6-2-4-7-5-3-6;1-8-6-3-2-4-7-5-6;1-8-5-6-3-2-4-7-5;3*1-6(2)5-7(3)4/h2*2-5H,1H3;2-4H,1H3;;;/p+6. The Labute approximate surface area is 274 Å². The van der Waals surface area contributed by atoms with Crippen molar-refractivity contribution in [1.29, 1.82) is 0 Å². The second kappa shape index (κ2) is 34.0. The summed E-state index contributed by atoms with van der Waals surface area (Å²) in [5.41, 5.74) is 0. The lowest BCUT2D eigenvalue weighted by Gasteiger charge is -1.88. The van der Waals surface area contributed by atoms with Gasteiger partial charge >= 0.3 is 49.5 Å². The first-order valence-electron chi connectivity index (χ1n) is 10.4. The van der Waals surface area contributed by atoms with Crippen LogP contribution < -0.4 is 0 Å². The van der Waals surface area contributed by atoms with E-state index in [4.69, 9.17) is 29.4 Å². The fraction of sp³-hybridized carbons (Fsp3) is 0.176. The lowest BCUT2D eigenvalue weighted by atomic mass is 10.5. The molecule has 3 aromatic rings.